The summed E-state index contributed by atoms with van der Waals surface area (Å²) in [4.78, 5) is 26.8. The molecule has 1 aromatic heterocycles. The minimum absolute atomic E-state index is 0.0634. The molecule has 4 saturated heterocycles. The van der Waals surface area contributed by atoms with Crippen molar-refractivity contribution in [1.29, 1.82) is 0 Å². The molecule has 4 bridgehead atoms. The average molecular weight is 325 g/mol. The van der Waals surface area contributed by atoms with Gasteiger partial charge in [-0.05, 0) is 18.9 Å². The second-order valence-electron chi connectivity index (χ2n) is 7.26. The molecule has 2 aromatic rings. The van der Waals surface area contributed by atoms with Crippen molar-refractivity contribution in [3.8, 4) is 0 Å². The summed E-state index contributed by atoms with van der Waals surface area (Å²) in [7, 11) is 0. The Morgan fingerprint density at radius 3 is 2.62 bits per heavy atom. The van der Waals surface area contributed by atoms with Crippen LogP contribution in [0, 0.1) is 5.92 Å². The third kappa shape index (κ3) is 2.11. The number of para-hydroxylation sites is 1. The molecule has 2 atom stereocenters. The van der Waals surface area contributed by atoms with Crippen LogP contribution < -0.4 is 0 Å². The van der Waals surface area contributed by atoms with Gasteiger partial charge in [-0.15, -0.1) is 0 Å². The average Bonchev–Trinajstić information content (AvgIpc) is 2.99. The highest BCUT2D eigenvalue weighted by atomic mass is 16.5. The summed E-state index contributed by atoms with van der Waals surface area (Å²) in [6.07, 6.45) is 4.95. The molecular weight excluding hydrogens is 306 g/mol. The normalized spacial score (nSPS) is 34.5. The van der Waals surface area contributed by atoms with Gasteiger partial charge in [-0.25, -0.2) is 4.79 Å². The molecule has 124 valence electrons. The standard InChI is InChI=1S/C19H19NO4/c21-17-9-20-12-5-11(17)6-13(20)8-14(7-12)24-19(22)16-10-23-18-4-2-1-3-15(16)18/h1-4,10-14H,5-9H2. The molecule has 0 saturated carbocycles. The van der Waals surface area contributed by atoms with Crippen molar-refractivity contribution in [3.63, 3.8) is 0 Å². The van der Waals surface area contributed by atoms with E-state index in [1.165, 1.54) is 6.26 Å². The van der Waals surface area contributed by atoms with E-state index >= 15 is 0 Å². The second kappa shape index (κ2) is 5.18. The maximum atomic E-state index is 12.6. The van der Waals surface area contributed by atoms with E-state index in [1.807, 2.05) is 24.3 Å². The Bertz CT molecular complexity index is 810. The van der Waals surface area contributed by atoms with Crippen molar-refractivity contribution in [2.75, 3.05) is 6.54 Å². The molecule has 0 N–H and O–H groups in total. The summed E-state index contributed by atoms with van der Waals surface area (Å²) in [5.74, 6) is 0.323. The van der Waals surface area contributed by atoms with Crippen molar-refractivity contribution in [1.82, 2.24) is 4.90 Å². The highest BCUT2D eigenvalue weighted by Crippen LogP contribution is 2.42. The number of rotatable bonds is 2. The van der Waals surface area contributed by atoms with Gasteiger partial charge in [0.1, 0.15) is 29.3 Å². The molecule has 0 spiro atoms. The fourth-order valence-electron chi connectivity index (χ4n) is 4.77. The van der Waals surface area contributed by atoms with Gasteiger partial charge in [0.15, 0.2) is 0 Å². The zero-order valence-corrected chi connectivity index (χ0v) is 13.3. The van der Waals surface area contributed by atoms with E-state index in [0.717, 1.165) is 31.1 Å². The third-order valence-electron chi connectivity index (χ3n) is 5.89. The highest BCUT2D eigenvalue weighted by molar-refractivity contribution is 6.03. The number of carbonyl (C=O) groups excluding carboxylic acids is 2. The Kier molecular flexibility index (Phi) is 3.07. The van der Waals surface area contributed by atoms with E-state index in [4.69, 9.17) is 9.15 Å². The quantitative estimate of drug-likeness (QED) is 0.795. The van der Waals surface area contributed by atoms with E-state index in [9.17, 15) is 9.59 Å². The lowest BCUT2D eigenvalue weighted by Gasteiger charge is -2.54. The number of Topliss-reactive ketones (excluding diaryl/α,β-unsaturated/α-hetero) is 1. The first-order valence-corrected chi connectivity index (χ1v) is 8.64. The molecule has 6 rings (SSSR count). The van der Waals surface area contributed by atoms with E-state index in [1.54, 1.807) is 0 Å². The minimum atomic E-state index is -0.304. The smallest absolute Gasteiger partial charge is 0.342 e. The lowest BCUT2D eigenvalue weighted by molar-refractivity contribution is -0.145. The summed E-state index contributed by atoms with van der Waals surface area (Å²) in [6, 6.07) is 8.27. The summed E-state index contributed by atoms with van der Waals surface area (Å²) in [6.45, 7) is 0.590. The van der Waals surface area contributed by atoms with Gasteiger partial charge in [-0.1, -0.05) is 18.2 Å². The summed E-state index contributed by atoms with van der Waals surface area (Å²) >= 11 is 0. The molecule has 5 nitrogen and oxygen atoms in total. The lowest BCUT2D eigenvalue weighted by atomic mass is 9.72. The molecule has 0 aliphatic carbocycles. The Hall–Kier alpha value is -2.14. The first-order valence-electron chi connectivity index (χ1n) is 8.64. The van der Waals surface area contributed by atoms with E-state index in [-0.39, 0.29) is 18.0 Å². The third-order valence-corrected chi connectivity index (χ3v) is 5.89. The SMILES string of the molecule is O=C(OC1CC2CC3CC(C1)N2CC3=O)c1coc2ccccc12. The fourth-order valence-corrected chi connectivity index (χ4v) is 4.77. The van der Waals surface area contributed by atoms with Gasteiger partial charge in [0.05, 0.1) is 6.54 Å². The second-order valence-corrected chi connectivity index (χ2v) is 7.26. The van der Waals surface area contributed by atoms with E-state index in [2.05, 4.69) is 4.90 Å². The number of ether oxygens (including phenoxy) is 1. The maximum absolute atomic E-state index is 12.6. The van der Waals surface area contributed by atoms with Gasteiger partial charge in [0, 0.05) is 36.2 Å². The van der Waals surface area contributed by atoms with E-state index < -0.39 is 0 Å². The van der Waals surface area contributed by atoms with Crippen molar-refractivity contribution in [2.45, 2.75) is 43.9 Å². The molecule has 0 amide bonds. The number of piperidine rings is 4. The number of hydrogen-bond donors (Lipinski definition) is 0. The Balaban J connectivity index is 1.33. The molecular formula is C19H19NO4. The zero-order chi connectivity index (χ0) is 16.3. The molecule has 2 unspecified atom stereocenters. The molecule has 4 aliphatic rings. The molecule has 0 radical (unpaired) electrons. The van der Waals surface area contributed by atoms with Gasteiger partial charge in [0.2, 0.25) is 0 Å². The number of esters is 1. The number of fused-ring (bicyclic) bond motifs is 2. The van der Waals surface area contributed by atoms with Crippen LogP contribution in [0.25, 0.3) is 11.0 Å². The topological polar surface area (TPSA) is 59.8 Å². The van der Waals surface area contributed by atoms with Gasteiger partial charge < -0.3 is 9.15 Å². The number of hydrogen-bond acceptors (Lipinski definition) is 5. The first-order chi connectivity index (χ1) is 11.7. The molecule has 5 heterocycles. The fraction of sp³-hybridized carbons (Fsp3) is 0.474. The van der Waals surface area contributed by atoms with Crippen LogP contribution in [0.1, 0.15) is 36.0 Å². The number of benzene rings is 1. The number of nitrogens with zero attached hydrogens (tertiary/aromatic N) is 1. The van der Waals surface area contributed by atoms with Crippen LogP contribution in [0.5, 0.6) is 0 Å². The molecule has 5 heteroatoms. The lowest BCUT2D eigenvalue weighted by Crippen LogP contribution is -2.63. The largest absolute Gasteiger partial charge is 0.463 e. The molecule has 4 fully saturated rings. The Morgan fingerprint density at radius 1 is 1.12 bits per heavy atom. The molecule has 1 aromatic carbocycles. The van der Waals surface area contributed by atoms with Gasteiger partial charge in [0.25, 0.3) is 0 Å². The highest BCUT2D eigenvalue weighted by Gasteiger charge is 2.49. The van der Waals surface area contributed by atoms with E-state index in [0.29, 0.717) is 35.6 Å². The van der Waals surface area contributed by atoms with Crippen molar-refractivity contribution >= 4 is 22.7 Å². The van der Waals surface area contributed by atoms with Gasteiger partial charge >= 0.3 is 5.97 Å². The van der Waals surface area contributed by atoms with Crippen LogP contribution in [-0.2, 0) is 9.53 Å². The van der Waals surface area contributed by atoms with Crippen LogP contribution in [-0.4, -0.2) is 41.4 Å². The first kappa shape index (κ1) is 14.2. The van der Waals surface area contributed by atoms with Crippen molar-refractivity contribution in [2.24, 2.45) is 5.92 Å². The summed E-state index contributed by atoms with van der Waals surface area (Å²) in [5, 5.41) is 0.798. The number of furan rings is 1. The Morgan fingerprint density at radius 2 is 1.88 bits per heavy atom. The summed E-state index contributed by atoms with van der Waals surface area (Å²) in [5.41, 5.74) is 1.20. The number of carbonyl (C=O) groups is 2. The van der Waals surface area contributed by atoms with Crippen LogP contribution in [0.4, 0.5) is 0 Å². The molecule has 24 heavy (non-hydrogen) atoms. The van der Waals surface area contributed by atoms with Gasteiger partial charge in [-0.2, -0.15) is 0 Å². The number of ketones is 1. The van der Waals surface area contributed by atoms with Crippen LogP contribution in [0.15, 0.2) is 34.9 Å². The van der Waals surface area contributed by atoms with Crippen molar-refractivity contribution in [3.05, 3.63) is 36.1 Å². The zero-order valence-electron chi connectivity index (χ0n) is 13.3. The maximum Gasteiger partial charge on any atom is 0.342 e. The van der Waals surface area contributed by atoms with Crippen LogP contribution >= 0.6 is 0 Å². The Labute approximate surface area is 139 Å². The minimum Gasteiger partial charge on any atom is -0.463 e. The predicted molar refractivity (Wildman–Crippen MR) is 86.7 cm³/mol. The summed E-state index contributed by atoms with van der Waals surface area (Å²) < 4.78 is 11.2. The predicted octanol–water partition coefficient (Wildman–Crippen LogP) is 2.78. The van der Waals surface area contributed by atoms with Crippen LogP contribution in [0.3, 0.4) is 0 Å². The van der Waals surface area contributed by atoms with Crippen molar-refractivity contribution < 1.29 is 18.7 Å². The van der Waals surface area contributed by atoms with Crippen LogP contribution in [0.2, 0.25) is 0 Å². The molecule has 4 aliphatic heterocycles. The van der Waals surface area contributed by atoms with Gasteiger partial charge in [-0.3, -0.25) is 9.69 Å². The monoisotopic (exact) mass is 325 g/mol.